The monoisotopic (exact) mass is 514 g/mol. The molecule has 4 rings (SSSR count). The van der Waals surface area contributed by atoms with Gasteiger partial charge in [0, 0.05) is 13.1 Å². The number of hydrogen-bond acceptors (Lipinski definition) is 4. The molecule has 0 aliphatic heterocycles. The molecule has 6 nitrogen and oxygen atoms in total. The van der Waals surface area contributed by atoms with E-state index >= 15 is 0 Å². The highest BCUT2D eigenvalue weighted by atomic mass is 19.1. The molecule has 1 aromatic heterocycles. The van der Waals surface area contributed by atoms with E-state index in [2.05, 4.69) is 0 Å². The third kappa shape index (κ3) is 6.94. The number of benzene rings is 3. The Morgan fingerprint density at radius 1 is 0.816 bits per heavy atom. The summed E-state index contributed by atoms with van der Waals surface area (Å²) in [4.78, 5) is 43.1. The Balaban J connectivity index is 1.59. The maximum atomic E-state index is 13.6. The molecule has 0 saturated heterocycles. The van der Waals surface area contributed by atoms with E-state index in [1.165, 1.54) is 23.3 Å². The Hall–Kier alpha value is -4.26. The Bertz CT molecular complexity index is 1430. The molecule has 0 unspecified atom stereocenters. The van der Waals surface area contributed by atoms with Crippen LogP contribution in [0, 0.1) is 5.82 Å². The summed E-state index contributed by atoms with van der Waals surface area (Å²) in [5, 5.41) is 0.432. The molecular weight excluding hydrogens is 483 g/mol. The van der Waals surface area contributed by atoms with Gasteiger partial charge in [-0.2, -0.15) is 0 Å². The van der Waals surface area contributed by atoms with E-state index in [0.717, 1.165) is 18.4 Å². The van der Waals surface area contributed by atoms with Gasteiger partial charge in [0.2, 0.25) is 11.8 Å². The number of hydrogen-bond donors (Lipinski definition) is 0. The lowest BCUT2D eigenvalue weighted by atomic mass is 10.1. The van der Waals surface area contributed by atoms with Crippen molar-refractivity contribution in [3.05, 3.63) is 118 Å². The summed E-state index contributed by atoms with van der Waals surface area (Å²) in [5.41, 5.74) is 2.17. The number of nitrogens with zero attached hydrogens (tertiary/aromatic N) is 2. The van der Waals surface area contributed by atoms with E-state index in [-0.39, 0.29) is 49.1 Å². The average Bonchev–Trinajstić information content (AvgIpc) is 2.93. The van der Waals surface area contributed by atoms with Gasteiger partial charge in [0.25, 0.3) is 0 Å². The highest BCUT2D eigenvalue weighted by Gasteiger charge is 2.23. The Kier molecular flexibility index (Phi) is 9.03. The van der Waals surface area contributed by atoms with Crippen LogP contribution in [-0.2, 0) is 29.1 Å². The van der Waals surface area contributed by atoms with Crippen LogP contribution in [0.25, 0.3) is 11.0 Å². The molecular formula is C31H31FN2O4. The van der Waals surface area contributed by atoms with Crippen molar-refractivity contribution in [1.29, 1.82) is 0 Å². The number of amides is 2. The minimum atomic E-state index is -0.376. The summed E-state index contributed by atoms with van der Waals surface area (Å²) in [7, 11) is 0. The summed E-state index contributed by atoms with van der Waals surface area (Å²) in [5.74, 6) is -0.816. The first-order chi connectivity index (χ1) is 18.4. The summed E-state index contributed by atoms with van der Waals surface area (Å²) < 4.78 is 19.2. The summed E-state index contributed by atoms with van der Waals surface area (Å²) in [6, 6.07) is 22.2. The lowest BCUT2D eigenvalue weighted by Crippen LogP contribution is -2.43. The molecule has 0 aliphatic rings. The van der Waals surface area contributed by atoms with Crippen molar-refractivity contribution in [3.63, 3.8) is 0 Å². The SMILES string of the molecule is CCCCN(CC(=O)N(Cc1ccc(F)cc1)Cc1coc2ccccc2c1=O)C(=O)Cc1ccccc1. The van der Waals surface area contributed by atoms with E-state index in [9.17, 15) is 18.8 Å². The fraction of sp³-hybridized carbons (Fsp3) is 0.258. The van der Waals surface area contributed by atoms with Gasteiger partial charge in [0.05, 0.1) is 36.7 Å². The summed E-state index contributed by atoms with van der Waals surface area (Å²) in [6.45, 7) is 2.52. The van der Waals surface area contributed by atoms with Crippen LogP contribution in [-0.4, -0.2) is 34.7 Å². The summed E-state index contributed by atoms with van der Waals surface area (Å²) in [6.07, 6.45) is 3.22. The van der Waals surface area contributed by atoms with E-state index in [1.807, 2.05) is 37.3 Å². The minimum absolute atomic E-state index is 0.00211. The zero-order valence-corrected chi connectivity index (χ0v) is 21.4. The first-order valence-corrected chi connectivity index (χ1v) is 12.8. The Morgan fingerprint density at radius 2 is 1.53 bits per heavy atom. The van der Waals surface area contributed by atoms with Gasteiger partial charge in [-0.3, -0.25) is 14.4 Å². The lowest BCUT2D eigenvalue weighted by Gasteiger charge is -2.28. The van der Waals surface area contributed by atoms with E-state index in [1.54, 1.807) is 41.3 Å². The maximum absolute atomic E-state index is 13.6. The molecule has 0 saturated carbocycles. The van der Waals surface area contributed by atoms with Gasteiger partial charge >= 0.3 is 0 Å². The third-order valence-corrected chi connectivity index (χ3v) is 6.41. The first kappa shape index (κ1) is 26.8. The van der Waals surface area contributed by atoms with Gasteiger partial charge in [-0.15, -0.1) is 0 Å². The highest BCUT2D eigenvalue weighted by molar-refractivity contribution is 5.86. The van der Waals surface area contributed by atoms with E-state index in [4.69, 9.17) is 4.42 Å². The third-order valence-electron chi connectivity index (χ3n) is 6.41. The Labute approximate surface area is 221 Å². The van der Waals surface area contributed by atoms with Crippen molar-refractivity contribution in [3.8, 4) is 0 Å². The van der Waals surface area contributed by atoms with Gasteiger partial charge in [0.1, 0.15) is 11.4 Å². The number of halogens is 1. The molecule has 0 radical (unpaired) electrons. The molecule has 1 heterocycles. The predicted octanol–water partition coefficient (Wildman–Crippen LogP) is 5.33. The molecule has 2 amide bonds. The molecule has 3 aromatic carbocycles. The van der Waals surface area contributed by atoms with Crippen molar-refractivity contribution >= 4 is 22.8 Å². The Morgan fingerprint density at radius 3 is 2.26 bits per heavy atom. The number of carbonyl (C=O) groups is 2. The minimum Gasteiger partial charge on any atom is -0.464 e. The van der Waals surface area contributed by atoms with Gasteiger partial charge < -0.3 is 14.2 Å². The molecule has 196 valence electrons. The van der Waals surface area contributed by atoms with Crippen LogP contribution in [0.2, 0.25) is 0 Å². The van der Waals surface area contributed by atoms with Crippen LogP contribution in [0.5, 0.6) is 0 Å². The molecule has 38 heavy (non-hydrogen) atoms. The normalized spacial score (nSPS) is 10.9. The fourth-order valence-electron chi connectivity index (χ4n) is 4.26. The van der Waals surface area contributed by atoms with Gasteiger partial charge in [-0.25, -0.2) is 4.39 Å². The van der Waals surface area contributed by atoms with Crippen molar-refractivity contribution in [2.45, 2.75) is 39.3 Å². The fourth-order valence-corrected chi connectivity index (χ4v) is 4.26. The van der Waals surface area contributed by atoms with Crippen LogP contribution in [0.4, 0.5) is 4.39 Å². The molecule has 0 N–H and O–H groups in total. The molecule has 4 aromatic rings. The average molecular weight is 515 g/mol. The van der Waals surface area contributed by atoms with Crippen molar-refractivity contribution in [1.82, 2.24) is 9.80 Å². The smallest absolute Gasteiger partial charge is 0.242 e. The van der Waals surface area contributed by atoms with Crippen LogP contribution in [0.1, 0.15) is 36.5 Å². The molecule has 0 fully saturated rings. The van der Waals surface area contributed by atoms with Crippen LogP contribution in [0.15, 0.2) is 94.3 Å². The lowest BCUT2D eigenvalue weighted by molar-refractivity contribution is -0.141. The standard InChI is InChI=1S/C31H31FN2O4/c1-2-3-17-33(29(35)18-23-9-5-4-6-10-23)21-30(36)34(19-24-13-15-26(32)16-14-24)20-25-22-38-28-12-8-7-11-27(28)31(25)37/h4-16,22H,2-3,17-21H2,1H3. The zero-order valence-electron chi connectivity index (χ0n) is 21.4. The predicted molar refractivity (Wildman–Crippen MR) is 145 cm³/mol. The van der Waals surface area contributed by atoms with Crippen LogP contribution in [0.3, 0.4) is 0 Å². The maximum Gasteiger partial charge on any atom is 0.242 e. The van der Waals surface area contributed by atoms with Crippen molar-refractivity contribution < 1.29 is 18.4 Å². The number of unbranched alkanes of at least 4 members (excludes halogenated alkanes) is 1. The van der Waals surface area contributed by atoms with Crippen LogP contribution >= 0.6 is 0 Å². The number of carbonyl (C=O) groups excluding carboxylic acids is 2. The second-order valence-electron chi connectivity index (χ2n) is 9.29. The largest absolute Gasteiger partial charge is 0.464 e. The number of fused-ring (bicyclic) bond motifs is 1. The first-order valence-electron chi connectivity index (χ1n) is 12.8. The van der Waals surface area contributed by atoms with Gasteiger partial charge in [0.15, 0.2) is 5.43 Å². The van der Waals surface area contributed by atoms with Crippen LogP contribution < -0.4 is 5.43 Å². The molecule has 0 atom stereocenters. The molecule has 0 spiro atoms. The molecule has 7 heteroatoms. The second kappa shape index (κ2) is 12.8. The second-order valence-corrected chi connectivity index (χ2v) is 9.29. The highest BCUT2D eigenvalue weighted by Crippen LogP contribution is 2.15. The summed E-state index contributed by atoms with van der Waals surface area (Å²) >= 11 is 0. The van der Waals surface area contributed by atoms with Gasteiger partial charge in [-0.05, 0) is 41.8 Å². The van der Waals surface area contributed by atoms with Crippen molar-refractivity contribution in [2.24, 2.45) is 0 Å². The van der Waals surface area contributed by atoms with Crippen molar-refractivity contribution in [2.75, 3.05) is 13.1 Å². The molecule has 0 bridgehead atoms. The van der Waals surface area contributed by atoms with Gasteiger partial charge in [-0.1, -0.05) is 67.9 Å². The topological polar surface area (TPSA) is 70.8 Å². The quantitative estimate of drug-likeness (QED) is 0.271. The molecule has 0 aliphatic carbocycles. The zero-order chi connectivity index (χ0) is 26.9. The number of rotatable bonds is 11. The van der Waals surface area contributed by atoms with E-state index < -0.39 is 0 Å². The van der Waals surface area contributed by atoms with E-state index in [0.29, 0.717) is 28.6 Å². The number of para-hydroxylation sites is 1.